The summed E-state index contributed by atoms with van der Waals surface area (Å²) in [6.45, 7) is 7.81. The van der Waals surface area contributed by atoms with E-state index in [2.05, 4.69) is 35.1 Å². The first-order chi connectivity index (χ1) is 47.2. The van der Waals surface area contributed by atoms with Crippen molar-refractivity contribution in [3.63, 3.8) is 0 Å². The number of carbonyl (C=O) groups excluding carboxylic acids is 4. The normalized spacial score (nSPS) is 20.8. The van der Waals surface area contributed by atoms with Gasteiger partial charge < -0.3 is 38.5 Å². The van der Waals surface area contributed by atoms with Gasteiger partial charge in [-0.3, -0.25) is 37.9 Å². The van der Waals surface area contributed by atoms with Crippen LogP contribution in [0, 0.1) is 11.8 Å². The summed E-state index contributed by atoms with van der Waals surface area (Å²) in [5, 5.41) is 18.2. The average molecular weight is 1300 g/mol. The highest BCUT2D eigenvalue weighted by molar-refractivity contribution is 5.95. The third-order valence-electron chi connectivity index (χ3n) is 20.9. The van der Waals surface area contributed by atoms with Gasteiger partial charge >= 0.3 is 0 Å². The number of benzene rings is 4. The van der Waals surface area contributed by atoms with Gasteiger partial charge in [0.25, 0.3) is 23.6 Å². The molecule has 5 saturated carbocycles. The van der Waals surface area contributed by atoms with Crippen LogP contribution in [-0.2, 0) is 52.6 Å². The topological polar surface area (TPSA) is 189 Å². The highest BCUT2D eigenvalue weighted by Gasteiger charge is 2.45. The summed E-state index contributed by atoms with van der Waals surface area (Å²) in [7, 11) is 0. The van der Waals surface area contributed by atoms with Crippen molar-refractivity contribution in [3.05, 3.63) is 191 Å². The van der Waals surface area contributed by atoms with E-state index in [0.717, 1.165) is 154 Å². The Hall–Kier alpha value is -9.20. The van der Waals surface area contributed by atoms with Crippen LogP contribution in [0.4, 0.5) is 0 Å². The molecular formula is C76H90N12O8. The van der Waals surface area contributed by atoms with Gasteiger partial charge in [-0.25, -0.2) is 0 Å². The third-order valence-corrected chi connectivity index (χ3v) is 20.9. The maximum atomic E-state index is 13.0. The summed E-state index contributed by atoms with van der Waals surface area (Å²) in [4.78, 5) is 59.6. The van der Waals surface area contributed by atoms with Crippen LogP contribution in [0.2, 0.25) is 0 Å². The second kappa shape index (κ2) is 30.3. The molecule has 4 amide bonds. The van der Waals surface area contributed by atoms with Crippen molar-refractivity contribution in [2.45, 2.75) is 192 Å². The van der Waals surface area contributed by atoms with Crippen LogP contribution in [0.3, 0.4) is 0 Å². The molecule has 96 heavy (non-hydrogen) atoms. The molecule has 0 saturated heterocycles. The number of ether oxygens (including phenoxy) is 4. The average Bonchev–Trinajstić information content (AvgIpc) is 1.61. The lowest BCUT2D eigenvalue weighted by molar-refractivity contribution is 0.0502. The van der Waals surface area contributed by atoms with Crippen LogP contribution in [0.1, 0.15) is 180 Å². The Bertz CT molecular complexity index is 3890. The number of fused-ring (bicyclic) bond motifs is 6. The molecule has 9 aliphatic rings. The van der Waals surface area contributed by atoms with E-state index in [9.17, 15) is 19.2 Å². The van der Waals surface area contributed by atoms with Crippen molar-refractivity contribution in [2.75, 3.05) is 26.2 Å². The van der Waals surface area contributed by atoms with Crippen LogP contribution in [0.5, 0.6) is 23.0 Å². The highest BCUT2D eigenvalue weighted by Crippen LogP contribution is 2.47. The molecule has 0 N–H and O–H groups in total. The number of nitrogens with zero attached hydrogens (tertiary/aromatic N) is 12. The van der Waals surface area contributed by atoms with E-state index in [-0.39, 0.29) is 23.6 Å². The Morgan fingerprint density at radius 1 is 0.312 bits per heavy atom. The van der Waals surface area contributed by atoms with E-state index in [1.807, 2.05) is 169 Å². The van der Waals surface area contributed by atoms with Gasteiger partial charge in [0.1, 0.15) is 95.0 Å². The molecule has 5 fully saturated rings. The van der Waals surface area contributed by atoms with Gasteiger partial charge in [0, 0.05) is 50.3 Å². The molecule has 17 rings (SSSR count). The minimum Gasteiger partial charge on any atom is -0.487 e. The van der Waals surface area contributed by atoms with Gasteiger partial charge in [0.2, 0.25) is 0 Å². The second-order valence-corrected chi connectivity index (χ2v) is 27.1. The fourth-order valence-corrected chi connectivity index (χ4v) is 15.6. The van der Waals surface area contributed by atoms with Crippen molar-refractivity contribution < 1.29 is 38.1 Å². The molecule has 4 aliphatic heterocycles. The van der Waals surface area contributed by atoms with Gasteiger partial charge in [-0.05, 0) is 149 Å². The smallest absolute Gasteiger partial charge is 0.272 e. The number of aromatic nitrogens is 8. The van der Waals surface area contributed by atoms with Gasteiger partial charge in [-0.15, -0.1) is 0 Å². The maximum absolute atomic E-state index is 13.0. The van der Waals surface area contributed by atoms with Crippen LogP contribution < -0.4 is 18.9 Å². The second-order valence-electron chi connectivity index (χ2n) is 27.1. The maximum Gasteiger partial charge on any atom is 0.272 e. The minimum atomic E-state index is 0.120. The van der Waals surface area contributed by atoms with Crippen LogP contribution in [0.25, 0.3) is 0 Å². The molecular weight excluding hydrogens is 1210 g/mol. The van der Waals surface area contributed by atoms with Gasteiger partial charge in [0.05, 0.1) is 26.2 Å². The quantitative estimate of drug-likeness (QED) is 0.0834. The molecule has 8 aromatic rings. The van der Waals surface area contributed by atoms with Crippen molar-refractivity contribution in [3.8, 4) is 23.0 Å². The molecule has 5 aliphatic carbocycles. The van der Waals surface area contributed by atoms with E-state index in [1.54, 1.807) is 0 Å². The molecule has 20 heteroatoms. The lowest BCUT2D eigenvalue weighted by atomic mass is 9.91. The zero-order valence-electron chi connectivity index (χ0n) is 55.2. The number of hydrogen-bond donors (Lipinski definition) is 0. The first-order valence-corrected chi connectivity index (χ1v) is 35.4. The predicted octanol–water partition coefficient (Wildman–Crippen LogP) is 12.5. The lowest BCUT2D eigenvalue weighted by Crippen LogP contribution is -2.49. The largest absolute Gasteiger partial charge is 0.487 e. The Morgan fingerprint density at radius 2 is 0.604 bits per heavy atom. The summed E-state index contributed by atoms with van der Waals surface area (Å²) >= 11 is 0. The molecule has 3 atom stereocenters. The molecule has 0 spiro atoms. The number of carbonyl (C=O) groups is 4. The van der Waals surface area contributed by atoms with Crippen molar-refractivity contribution in [1.29, 1.82) is 0 Å². The van der Waals surface area contributed by atoms with Crippen LogP contribution >= 0.6 is 0 Å². The Balaban J connectivity index is 0.000000110. The van der Waals surface area contributed by atoms with Crippen molar-refractivity contribution in [2.24, 2.45) is 11.8 Å². The first kappa shape index (κ1) is 64.2. The third kappa shape index (κ3) is 15.1. The Morgan fingerprint density at radius 3 is 0.885 bits per heavy atom. The summed E-state index contributed by atoms with van der Waals surface area (Å²) < 4.78 is 30.4. The zero-order valence-corrected chi connectivity index (χ0v) is 55.2. The van der Waals surface area contributed by atoms with Crippen LogP contribution in [0.15, 0.2) is 146 Å². The van der Waals surface area contributed by atoms with E-state index in [1.165, 1.54) is 77.0 Å². The summed E-state index contributed by atoms with van der Waals surface area (Å²) in [6, 6.07) is 48.1. The summed E-state index contributed by atoms with van der Waals surface area (Å²) in [5.41, 5.74) is 6.10. The summed E-state index contributed by atoms with van der Waals surface area (Å²) in [6.07, 6.45) is 22.2. The fourth-order valence-electron chi connectivity index (χ4n) is 15.6. The molecule has 0 radical (unpaired) electrons. The standard InChI is InChI=1S/C20H23N3O2.C20H25N3O2.C19H23N3O2.C17H19N3O2/c24-20-19-12-16(13-25-17-4-2-1-3-5-17)21-23(19)9-8-22(20)18-11-14-6-7-15(18)10-14;24-20-19-14-16(15-25-18-10-6-3-7-11-18)21-23(19)13-12-22(20)17-8-4-1-2-5-9-17;23-19-18-13-15(14-24-17-9-5-2-6-10-17)20-22(18)12-11-21(19)16-7-3-1-4-8-16;21-17-16-11-13(12-22-15-7-2-1-3-8-15)18-20(16)10-9-19(17)14-5-4-6-14/h1-5,12,14-15,18H,6-11,13H2;3,6-7,10-11,14,17H,1-2,4-5,8-9,12-13,15H2;2,5-6,9-10,13,16H,1,3-4,7-8,11-12,14H2;1-3,7-8,11,14H,4-6,9-10,12H2/t14?,15?,18-;;;/m1.../s1. The molecule has 2 bridgehead atoms. The molecule has 8 heterocycles. The summed E-state index contributed by atoms with van der Waals surface area (Å²) in [5.74, 6) is 5.39. The van der Waals surface area contributed by atoms with Crippen molar-refractivity contribution >= 4 is 23.6 Å². The molecule has 20 nitrogen and oxygen atoms in total. The highest BCUT2D eigenvalue weighted by atomic mass is 16.5. The molecule has 4 aromatic heterocycles. The Labute approximate surface area is 562 Å². The number of amides is 4. The van der Waals surface area contributed by atoms with Gasteiger partial charge in [-0.1, -0.05) is 124 Å². The van der Waals surface area contributed by atoms with E-state index < -0.39 is 0 Å². The first-order valence-electron chi connectivity index (χ1n) is 35.4. The van der Waals surface area contributed by atoms with Crippen LogP contribution in [-0.4, -0.2) is 133 Å². The van der Waals surface area contributed by atoms with E-state index in [4.69, 9.17) is 18.9 Å². The predicted molar refractivity (Wildman–Crippen MR) is 361 cm³/mol. The molecule has 502 valence electrons. The fraction of sp³-hybridized carbons (Fsp3) is 0.474. The number of rotatable bonds is 16. The Kier molecular flexibility index (Phi) is 20.2. The van der Waals surface area contributed by atoms with Gasteiger partial charge in [-0.2, -0.15) is 20.4 Å². The SMILES string of the molecule is O=C1c2cc(COc3ccccc3)nn2CCN1C1CCC1.O=C1c2cc(COc3ccccc3)nn2CCN1C1CCCCC1.O=C1c2cc(COc3ccccc3)nn2CCN1C1CCCCCC1.O=C1c2cc(COc3ccccc3)nn2CCN1[C@@H]1CC2CCC1C2. The minimum absolute atomic E-state index is 0.120. The molecule has 2 unspecified atom stereocenters. The zero-order chi connectivity index (χ0) is 65.2. The van der Waals surface area contributed by atoms with Crippen molar-refractivity contribution in [1.82, 2.24) is 58.7 Å². The lowest BCUT2D eigenvalue weighted by Gasteiger charge is -2.39. The van der Waals surface area contributed by atoms with E-state index in [0.29, 0.717) is 67.7 Å². The number of para-hydroxylation sites is 4. The van der Waals surface area contributed by atoms with E-state index >= 15 is 0 Å². The molecule has 4 aromatic carbocycles. The number of hydrogen-bond acceptors (Lipinski definition) is 12. The van der Waals surface area contributed by atoms with Gasteiger partial charge in [0.15, 0.2) is 0 Å². The monoisotopic (exact) mass is 1300 g/mol.